The number of allylic oxidation sites excluding steroid dienone is 1. The first-order valence-electron chi connectivity index (χ1n) is 8.23. The van der Waals surface area contributed by atoms with Gasteiger partial charge in [-0.05, 0) is 37.1 Å². The van der Waals surface area contributed by atoms with Crippen LogP contribution in [0, 0.1) is 5.41 Å². The van der Waals surface area contributed by atoms with Gasteiger partial charge in [-0.1, -0.05) is 36.2 Å². The smallest absolute Gasteiger partial charge is 0.191 e. The van der Waals surface area contributed by atoms with Gasteiger partial charge in [0, 0.05) is 0 Å². The molecule has 0 radical (unpaired) electrons. The first kappa shape index (κ1) is 19.0. The zero-order valence-electron chi connectivity index (χ0n) is 14.5. The molecule has 1 aliphatic heterocycles. The highest BCUT2D eigenvalue weighted by Crippen LogP contribution is 2.32. The van der Waals surface area contributed by atoms with Gasteiger partial charge in [0.15, 0.2) is 12.1 Å². The van der Waals surface area contributed by atoms with E-state index >= 15 is 0 Å². The summed E-state index contributed by atoms with van der Waals surface area (Å²) < 4.78 is 12.8. The Bertz CT molecular complexity index is 813. The largest absolute Gasteiger partial charge is 0.352 e. The molecule has 0 bridgehead atoms. The maximum atomic E-state index is 13.3. The van der Waals surface area contributed by atoms with Crippen molar-refractivity contribution in [3.8, 4) is 0 Å². The van der Waals surface area contributed by atoms with Crippen LogP contribution in [0.5, 0.6) is 0 Å². The molecule has 2 heterocycles. The third kappa shape index (κ3) is 3.99. The molecule has 26 heavy (non-hydrogen) atoms. The maximum absolute atomic E-state index is 13.3. The molecule has 0 N–H and O–H groups in total. The second-order valence-electron chi connectivity index (χ2n) is 6.39. The minimum absolute atomic E-state index is 0.149. The van der Waals surface area contributed by atoms with Crippen molar-refractivity contribution in [2.24, 2.45) is 5.41 Å². The Morgan fingerprint density at radius 2 is 2.08 bits per heavy atom. The highest BCUT2D eigenvalue weighted by Gasteiger charge is 2.41. The fraction of sp³-hybridized carbons (Fsp3) is 0.389. The van der Waals surface area contributed by atoms with E-state index in [4.69, 9.17) is 32.7 Å². The summed E-state index contributed by atoms with van der Waals surface area (Å²) in [7, 11) is 0. The number of ether oxygens (including phenoxy) is 2. The van der Waals surface area contributed by atoms with Gasteiger partial charge >= 0.3 is 0 Å². The van der Waals surface area contributed by atoms with E-state index in [-0.39, 0.29) is 25.3 Å². The molecule has 2 aromatic rings. The molecule has 3 rings (SSSR count). The molecular formula is C18H19Cl2N3O3. The topological polar surface area (TPSA) is 66.2 Å². The molecule has 1 aromatic heterocycles. The second-order valence-corrected chi connectivity index (χ2v) is 7.21. The van der Waals surface area contributed by atoms with Crippen molar-refractivity contribution in [3.05, 3.63) is 46.5 Å². The van der Waals surface area contributed by atoms with Crippen LogP contribution in [0.4, 0.5) is 0 Å². The number of benzene rings is 1. The van der Waals surface area contributed by atoms with Crippen LogP contribution in [-0.2, 0) is 14.3 Å². The average Bonchev–Trinajstić information content (AvgIpc) is 3.17. The third-order valence-corrected chi connectivity index (χ3v) is 4.94. The molecule has 0 saturated carbocycles. The lowest BCUT2D eigenvalue weighted by molar-refractivity contribution is -0.221. The van der Waals surface area contributed by atoms with E-state index in [2.05, 4.69) is 10.1 Å². The number of nitrogens with zero attached hydrogens (tertiary/aromatic N) is 3. The number of aromatic nitrogens is 3. The molecular weight excluding hydrogens is 377 g/mol. The van der Waals surface area contributed by atoms with Crippen molar-refractivity contribution in [3.63, 3.8) is 0 Å². The fourth-order valence-corrected chi connectivity index (χ4v) is 2.95. The predicted octanol–water partition coefficient (Wildman–Crippen LogP) is 3.94. The first-order valence-corrected chi connectivity index (χ1v) is 8.98. The second kappa shape index (κ2) is 7.88. The summed E-state index contributed by atoms with van der Waals surface area (Å²) in [5.74, 6) is -0.149. The van der Waals surface area contributed by atoms with Gasteiger partial charge in [0.25, 0.3) is 0 Å². The molecule has 1 saturated heterocycles. The molecule has 0 unspecified atom stereocenters. The minimum atomic E-state index is -0.820. The highest BCUT2D eigenvalue weighted by atomic mass is 35.5. The van der Waals surface area contributed by atoms with E-state index in [9.17, 15) is 4.79 Å². The Morgan fingerprint density at radius 3 is 2.65 bits per heavy atom. The molecule has 8 heteroatoms. The Hall–Kier alpha value is -1.73. The number of halogens is 2. The first-order chi connectivity index (χ1) is 12.4. The van der Waals surface area contributed by atoms with Crippen molar-refractivity contribution < 1.29 is 14.3 Å². The number of rotatable bonds is 5. The van der Waals surface area contributed by atoms with Gasteiger partial charge in [0.2, 0.25) is 0 Å². The van der Waals surface area contributed by atoms with Crippen molar-refractivity contribution in [1.82, 2.24) is 14.8 Å². The summed E-state index contributed by atoms with van der Waals surface area (Å²) in [6, 6.07) is 5.15. The van der Waals surface area contributed by atoms with Crippen LogP contribution in [0.25, 0.3) is 11.8 Å². The molecule has 1 fully saturated rings. The number of hydrogen-bond acceptors (Lipinski definition) is 5. The Morgan fingerprint density at radius 1 is 1.35 bits per heavy atom. The van der Waals surface area contributed by atoms with Crippen LogP contribution >= 0.6 is 23.2 Å². The maximum Gasteiger partial charge on any atom is 0.191 e. The van der Waals surface area contributed by atoms with E-state index in [1.165, 1.54) is 17.3 Å². The summed E-state index contributed by atoms with van der Waals surface area (Å²) in [6.07, 6.45) is 5.02. The fourth-order valence-electron chi connectivity index (χ4n) is 2.65. The molecule has 0 amide bonds. The van der Waals surface area contributed by atoms with Crippen LogP contribution in [-0.4, -0.2) is 40.1 Å². The van der Waals surface area contributed by atoms with E-state index in [1.807, 2.05) is 13.8 Å². The van der Waals surface area contributed by atoms with Gasteiger partial charge in [-0.15, -0.1) is 0 Å². The van der Waals surface area contributed by atoms with Crippen molar-refractivity contribution >= 4 is 40.8 Å². The van der Waals surface area contributed by atoms with Crippen LogP contribution in [0.3, 0.4) is 0 Å². The van der Waals surface area contributed by atoms with Crippen molar-refractivity contribution in [2.75, 3.05) is 13.2 Å². The van der Waals surface area contributed by atoms with Gasteiger partial charge in [0.05, 0.1) is 28.7 Å². The normalized spacial score (nSPS) is 23.8. The standard InChI is InChI=1S/C18H19Cl2N3O3/c1-3-16-25-8-18(2,9-26-16)17(24)15(23-11-21-10-22-23)7-12-4-5-13(19)14(20)6-12/h4-7,10-11,16H,3,8-9H2,1-2H3. The summed E-state index contributed by atoms with van der Waals surface area (Å²) in [5.41, 5.74) is 0.260. The van der Waals surface area contributed by atoms with Gasteiger partial charge < -0.3 is 9.47 Å². The SMILES string of the molecule is CCC1OCC(C)(C(=O)C(=Cc2ccc(Cl)c(Cl)c2)n2cncn2)CO1. The quantitative estimate of drug-likeness (QED) is 0.717. The lowest BCUT2D eigenvalue weighted by Crippen LogP contribution is -2.45. The summed E-state index contributed by atoms with van der Waals surface area (Å²) >= 11 is 12.1. The zero-order chi connectivity index (χ0) is 18.7. The average molecular weight is 396 g/mol. The number of hydrogen-bond donors (Lipinski definition) is 0. The van der Waals surface area contributed by atoms with E-state index < -0.39 is 5.41 Å². The van der Waals surface area contributed by atoms with E-state index in [0.29, 0.717) is 15.7 Å². The number of ketones is 1. The lowest BCUT2D eigenvalue weighted by Gasteiger charge is -2.36. The van der Waals surface area contributed by atoms with Crippen LogP contribution in [0.2, 0.25) is 10.0 Å². The minimum Gasteiger partial charge on any atom is -0.352 e. The van der Waals surface area contributed by atoms with Gasteiger partial charge in [-0.2, -0.15) is 5.10 Å². The van der Waals surface area contributed by atoms with E-state index in [0.717, 1.165) is 12.0 Å². The summed E-state index contributed by atoms with van der Waals surface area (Å²) in [5, 5.41) is 4.96. The van der Waals surface area contributed by atoms with Crippen LogP contribution in [0.1, 0.15) is 25.8 Å². The number of carbonyl (C=O) groups excluding carboxylic acids is 1. The molecule has 0 aliphatic carbocycles. The number of carbonyl (C=O) groups is 1. The predicted molar refractivity (Wildman–Crippen MR) is 99.7 cm³/mol. The van der Waals surface area contributed by atoms with Crippen molar-refractivity contribution in [1.29, 1.82) is 0 Å². The summed E-state index contributed by atoms with van der Waals surface area (Å²) in [4.78, 5) is 17.2. The van der Waals surface area contributed by atoms with Crippen LogP contribution < -0.4 is 0 Å². The molecule has 6 nitrogen and oxygen atoms in total. The molecule has 0 atom stereocenters. The molecule has 1 aromatic carbocycles. The number of Topliss-reactive ketones (excluding diaryl/α,β-unsaturated/α-hetero) is 1. The molecule has 1 aliphatic rings. The molecule has 138 valence electrons. The Kier molecular flexibility index (Phi) is 5.77. The van der Waals surface area contributed by atoms with Crippen molar-refractivity contribution in [2.45, 2.75) is 26.6 Å². The third-order valence-electron chi connectivity index (χ3n) is 4.20. The van der Waals surface area contributed by atoms with Gasteiger partial charge in [0.1, 0.15) is 18.4 Å². The van der Waals surface area contributed by atoms with Crippen LogP contribution in [0.15, 0.2) is 30.9 Å². The zero-order valence-corrected chi connectivity index (χ0v) is 16.0. The van der Waals surface area contributed by atoms with E-state index in [1.54, 1.807) is 24.3 Å². The Labute approximate surface area is 161 Å². The molecule has 0 spiro atoms. The van der Waals surface area contributed by atoms with Gasteiger partial charge in [-0.25, -0.2) is 9.67 Å². The Balaban J connectivity index is 1.95. The summed E-state index contributed by atoms with van der Waals surface area (Å²) in [6.45, 7) is 4.34. The monoisotopic (exact) mass is 395 g/mol. The highest BCUT2D eigenvalue weighted by molar-refractivity contribution is 6.42. The van der Waals surface area contributed by atoms with Gasteiger partial charge in [-0.3, -0.25) is 4.79 Å². The lowest BCUT2D eigenvalue weighted by atomic mass is 9.84.